The third kappa shape index (κ3) is 9.83. The van der Waals surface area contributed by atoms with E-state index in [9.17, 15) is 34.2 Å². The summed E-state index contributed by atoms with van der Waals surface area (Å²) in [5, 5.41) is 25.8. The van der Waals surface area contributed by atoms with Crippen molar-refractivity contribution in [3.63, 3.8) is 0 Å². The number of aliphatic carboxylic acids is 1. The molecule has 0 aliphatic heterocycles. The molecule has 1 aromatic carbocycles. The van der Waals surface area contributed by atoms with E-state index in [1.54, 1.807) is 26.0 Å². The molecule has 0 saturated heterocycles. The molecule has 9 N–H and O–H groups in total. The summed E-state index contributed by atoms with van der Waals surface area (Å²) in [6, 6.07) is 1.10. The maximum Gasteiger partial charge on any atom is 0.326 e. The standard InChI is InChI=1S/C22H33N5O7S/c1-3-11(2)18(22(33)34)27-21(32)16(10-35)26-20(31)15(9-17(24)29)25-19(30)14(23)8-12-4-6-13(28)7-5-12/h4-7,11,14-16,18,28,35H,3,8-10,23H2,1-2H3,(H2,24,29)(H,25,30)(H,26,31)(H,27,32)(H,33,34). The molecule has 4 amide bonds. The first-order chi connectivity index (χ1) is 16.4. The van der Waals surface area contributed by atoms with Crippen molar-refractivity contribution in [3.05, 3.63) is 29.8 Å². The molecule has 5 unspecified atom stereocenters. The molecule has 0 fully saturated rings. The van der Waals surface area contributed by atoms with Gasteiger partial charge < -0.3 is 37.6 Å². The van der Waals surface area contributed by atoms with Crippen LogP contribution in [0.25, 0.3) is 0 Å². The van der Waals surface area contributed by atoms with Gasteiger partial charge in [-0.1, -0.05) is 32.4 Å². The average molecular weight is 512 g/mol. The van der Waals surface area contributed by atoms with Gasteiger partial charge in [-0.15, -0.1) is 0 Å². The largest absolute Gasteiger partial charge is 0.508 e. The van der Waals surface area contributed by atoms with Crippen LogP contribution >= 0.6 is 12.6 Å². The number of nitrogens with two attached hydrogens (primary N) is 2. The van der Waals surface area contributed by atoms with Gasteiger partial charge in [0.1, 0.15) is 23.9 Å². The number of carbonyl (C=O) groups excluding carboxylic acids is 4. The first kappa shape index (κ1) is 29.7. The highest BCUT2D eigenvalue weighted by Crippen LogP contribution is 2.11. The lowest BCUT2D eigenvalue weighted by atomic mass is 9.99. The molecule has 0 aromatic heterocycles. The van der Waals surface area contributed by atoms with Gasteiger partial charge in [-0.2, -0.15) is 12.6 Å². The highest BCUT2D eigenvalue weighted by molar-refractivity contribution is 7.80. The topological polar surface area (TPSA) is 214 Å². The molecule has 1 rings (SSSR count). The fourth-order valence-corrected chi connectivity index (χ4v) is 3.33. The minimum Gasteiger partial charge on any atom is -0.508 e. The number of carbonyl (C=O) groups is 5. The molecule has 0 aliphatic carbocycles. The number of hydrogen-bond donors (Lipinski definition) is 8. The van der Waals surface area contributed by atoms with Crippen molar-refractivity contribution in [1.82, 2.24) is 16.0 Å². The van der Waals surface area contributed by atoms with Crippen LogP contribution in [0.15, 0.2) is 24.3 Å². The molecule has 0 bridgehead atoms. The van der Waals surface area contributed by atoms with Crippen LogP contribution in [0.2, 0.25) is 0 Å². The average Bonchev–Trinajstić information content (AvgIpc) is 2.80. The number of primary amides is 1. The van der Waals surface area contributed by atoms with E-state index in [1.807, 2.05) is 0 Å². The van der Waals surface area contributed by atoms with E-state index in [-0.39, 0.29) is 23.8 Å². The van der Waals surface area contributed by atoms with E-state index in [1.165, 1.54) is 12.1 Å². The van der Waals surface area contributed by atoms with Crippen LogP contribution < -0.4 is 27.4 Å². The van der Waals surface area contributed by atoms with Crippen molar-refractivity contribution in [2.75, 3.05) is 5.75 Å². The van der Waals surface area contributed by atoms with Crippen molar-refractivity contribution in [2.24, 2.45) is 17.4 Å². The van der Waals surface area contributed by atoms with E-state index >= 15 is 0 Å². The highest BCUT2D eigenvalue weighted by atomic mass is 32.1. The van der Waals surface area contributed by atoms with Gasteiger partial charge in [0.2, 0.25) is 23.6 Å². The van der Waals surface area contributed by atoms with Gasteiger partial charge >= 0.3 is 5.97 Å². The Balaban J connectivity index is 2.88. The van der Waals surface area contributed by atoms with Gasteiger partial charge in [0.15, 0.2) is 0 Å². The van der Waals surface area contributed by atoms with Crippen LogP contribution in [0.4, 0.5) is 0 Å². The summed E-state index contributed by atoms with van der Waals surface area (Å²) in [4.78, 5) is 60.9. The second-order valence-electron chi connectivity index (χ2n) is 8.16. The lowest BCUT2D eigenvalue weighted by molar-refractivity contribution is -0.143. The Morgan fingerprint density at radius 3 is 2.00 bits per heavy atom. The molecule has 194 valence electrons. The number of thiol groups is 1. The fraction of sp³-hybridized carbons (Fsp3) is 0.500. The number of benzene rings is 1. The van der Waals surface area contributed by atoms with Crippen molar-refractivity contribution in [1.29, 1.82) is 0 Å². The molecule has 0 radical (unpaired) electrons. The third-order valence-corrected chi connectivity index (χ3v) is 5.72. The first-order valence-electron chi connectivity index (χ1n) is 11.0. The minimum atomic E-state index is -1.43. The van der Waals surface area contributed by atoms with Gasteiger partial charge in [-0.05, 0) is 30.0 Å². The Labute approximate surface area is 208 Å². The normalized spacial score (nSPS) is 15.1. The quantitative estimate of drug-likeness (QED) is 0.139. The second kappa shape index (κ2) is 14.2. The molecule has 0 aliphatic rings. The third-order valence-electron chi connectivity index (χ3n) is 5.36. The zero-order valence-corrected chi connectivity index (χ0v) is 20.5. The number of phenols is 1. The number of aromatic hydroxyl groups is 1. The Bertz CT molecular complexity index is 912. The molecule has 35 heavy (non-hydrogen) atoms. The number of amides is 4. The van der Waals surface area contributed by atoms with Gasteiger partial charge in [0.05, 0.1) is 12.5 Å². The van der Waals surface area contributed by atoms with Crippen molar-refractivity contribution in [2.45, 2.75) is 57.3 Å². The Kier molecular flexibility index (Phi) is 12.0. The Morgan fingerprint density at radius 2 is 1.51 bits per heavy atom. The van der Waals surface area contributed by atoms with Crippen LogP contribution in [0, 0.1) is 5.92 Å². The summed E-state index contributed by atoms with van der Waals surface area (Å²) in [5.41, 5.74) is 11.8. The molecule has 0 heterocycles. The zero-order valence-electron chi connectivity index (χ0n) is 19.6. The van der Waals surface area contributed by atoms with Crippen molar-refractivity contribution in [3.8, 4) is 5.75 Å². The predicted octanol–water partition coefficient (Wildman–Crippen LogP) is -1.35. The SMILES string of the molecule is CCC(C)C(NC(=O)C(CS)NC(=O)C(CC(N)=O)NC(=O)C(N)Cc1ccc(O)cc1)C(=O)O. The van der Waals surface area contributed by atoms with Gasteiger partial charge in [0, 0.05) is 5.75 Å². The van der Waals surface area contributed by atoms with Crippen LogP contribution in [0.1, 0.15) is 32.3 Å². The number of nitrogens with one attached hydrogen (secondary N) is 3. The first-order valence-corrected chi connectivity index (χ1v) is 11.6. The smallest absolute Gasteiger partial charge is 0.326 e. The molecule has 12 nitrogen and oxygen atoms in total. The van der Waals surface area contributed by atoms with Crippen LogP contribution in [0.5, 0.6) is 5.75 Å². The molecule has 5 atom stereocenters. The molecule has 0 saturated carbocycles. The summed E-state index contributed by atoms with van der Waals surface area (Å²) in [6.45, 7) is 3.43. The van der Waals surface area contributed by atoms with Gasteiger partial charge in [-0.3, -0.25) is 19.2 Å². The van der Waals surface area contributed by atoms with Crippen molar-refractivity contribution < 1.29 is 34.2 Å². The lowest BCUT2D eigenvalue weighted by Crippen LogP contribution is -2.58. The summed E-state index contributed by atoms with van der Waals surface area (Å²) in [7, 11) is 0. The fourth-order valence-electron chi connectivity index (χ4n) is 3.07. The maximum absolute atomic E-state index is 12.8. The van der Waals surface area contributed by atoms with E-state index in [0.29, 0.717) is 12.0 Å². The molecular formula is C22H33N5O7S. The predicted molar refractivity (Wildman–Crippen MR) is 130 cm³/mol. The van der Waals surface area contributed by atoms with Crippen LogP contribution in [0.3, 0.4) is 0 Å². The second-order valence-corrected chi connectivity index (χ2v) is 8.53. The Hall–Kier alpha value is -3.32. The highest BCUT2D eigenvalue weighted by Gasteiger charge is 2.32. The number of hydrogen-bond acceptors (Lipinski definition) is 8. The molecular weight excluding hydrogens is 478 g/mol. The lowest BCUT2D eigenvalue weighted by Gasteiger charge is -2.25. The Morgan fingerprint density at radius 1 is 0.971 bits per heavy atom. The van der Waals surface area contributed by atoms with E-state index in [0.717, 1.165) is 0 Å². The number of carboxylic acid groups (broad SMARTS) is 1. The zero-order chi connectivity index (χ0) is 26.7. The van der Waals surface area contributed by atoms with E-state index in [2.05, 4.69) is 28.6 Å². The molecule has 1 aromatic rings. The number of rotatable bonds is 14. The van der Waals surface area contributed by atoms with Crippen LogP contribution in [-0.4, -0.2) is 69.7 Å². The van der Waals surface area contributed by atoms with E-state index in [4.69, 9.17) is 11.5 Å². The maximum atomic E-state index is 12.8. The monoisotopic (exact) mass is 511 g/mol. The minimum absolute atomic E-state index is 0.0478. The van der Waals surface area contributed by atoms with Gasteiger partial charge in [-0.25, -0.2) is 4.79 Å². The summed E-state index contributed by atoms with van der Waals surface area (Å²) < 4.78 is 0. The number of carboxylic acids is 1. The molecule has 0 spiro atoms. The number of phenolic OH excluding ortho intramolecular Hbond substituents is 1. The van der Waals surface area contributed by atoms with Gasteiger partial charge in [0.25, 0.3) is 0 Å². The summed E-state index contributed by atoms with van der Waals surface area (Å²) >= 11 is 4.04. The van der Waals surface area contributed by atoms with Crippen LogP contribution in [-0.2, 0) is 30.4 Å². The van der Waals surface area contributed by atoms with Crippen molar-refractivity contribution >= 4 is 42.2 Å². The van der Waals surface area contributed by atoms with E-state index < -0.39 is 60.2 Å². The summed E-state index contributed by atoms with van der Waals surface area (Å²) in [5.74, 6) is -5.02. The molecule has 13 heteroatoms. The summed E-state index contributed by atoms with van der Waals surface area (Å²) in [6.07, 6.45) is 0.0200.